The van der Waals surface area contributed by atoms with E-state index < -0.39 is 0 Å². The fourth-order valence-corrected chi connectivity index (χ4v) is 1.18. The van der Waals surface area contributed by atoms with Gasteiger partial charge in [-0.3, -0.25) is 10.6 Å². The van der Waals surface area contributed by atoms with Crippen molar-refractivity contribution in [1.29, 1.82) is 0 Å². The van der Waals surface area contributed by atoms with E-state index in [0.717, 1.165) is 19.4 Å². The number of rotatable bonds is 1. The predicted octanol–water partition coefficient (Wildman–Crippen LogP) is -0.502. The van der Waals surface area contributed by atoms with Crippen molar-refractivity contribution in [2.45, 2.75) is 18.9 Å². The van der Waals surface area contributed by atoms with Crippen molar-refractivity contribution in [3.05, 3.63) is 0 Å². The van der Waals surface area contributed by atoms with Crippen LogP contribution in [0.1, 0.15) is 12.8 Å². The minimum Gasteiger partial charge on any atom is -0.468 e. The van der Waals surface area contributed by atoms with E-state index in [1.54, 1.807) is 0 Å². The molecular formula is C6H12N2O2. The van der Waals surface area contributed by atoms with Gasteiger partial charge in [0.05, 0.1) is 7.11 Å². The highest BCUT2D eigenvalue weighted by molar-refractivity contribution is 5.75. The summed E-state index contributed by atoms with van der Waals surface area (Å²) in [6.07, 6.45) is 1.81. The summed E-state index contributed by atoms with van der Waals surface area (Å²) in [5.41, 5.74) is 0. The Morgan fingerprint density at radius 3 is 2.90 bits per heavy atom. The number of esters is 1. The molecular weight excluding hydrogens is 132 g/mol. The standard InChI is InChI=1S/C6H12N2O2/c1-10-6(9)5-3-2-4-8(5)7/h5H,2-4,7H2,1H3/t5-/m1/s1. The zero-order valence-corrected chi connectivity index (χ0v) is 6.04. The molecule has 1 atom stereocenters. The van der Waals surface area contributed by atoms with Crippen LogP contribution < -0.4 is 5.84 Å². The molecule has 0 aromatic carbocycles. The molecule has 0 radical (unpaired) electrons. The summed E-state index contributed by atoms with van der Waals surface area (Å²) in [4.78, 5) is 10.9. The van der Waals surface area contributed by atoms with Crippen molar-refractivity contribution in [2.24, 2.45) is 5.84 Å². The Hall–Kier alpha value is -0.610. The van der Waals surface area contributed by atoms with Gasteiger partial charge in [-0.2, -0.15) is 0 Å². The third kappa shape index (κ3) is 1.27. The molecule has 1 fully saturated rings. The second-order valence-electron chi connectivity index (χ2n) is 2.42. The Bertz CT molecular complexity index is 138. The molecule has 0 aromatic heterocycles. The summed E-state index contributed by atoms with van der Waals surface area (Å²) < 4.78 is 4.54. The van der Waals surface area contributed by atoms with E-state index in [4.69, 9.17) is 5.84 Å². The fraction of sp³-hybridized carbons (Fsp3) is 0.833. The summed E-state index contributed by atoms with van der Waals surface area (Å²) in [5.74, 6) is 5.27. The highest BCUT2D eigenvalue weighted by Gasteiger charge is 2.28. The van der Waals surface area contributed by atoms with Gasteiger partial charge in [0.25, 0.3) is 0 Å². The summed E-state index contributed by atoms with van der Waals surface area (Å²) in [6.45, 7) is 0.791. The lowest BCUT2D eigenvalue weighted by Crippen LogP contribution is -2.41. The highest BCUT2D eigenvalue weighted by atomic mass is 16.5. The Balaban J connectivity index is 2.46. The van der Waals surface area contributed by atoms with Gasteiger partial charge < -0.3 is 4.74 Å². The zero-order valence-electron chi connectivity index (χ0n) is 6.04. The van der Waals surface area contributed by atoms with Crippen molar-refractivity contribution < 1.29 is 9.53 Å². The lowest BCUT2D eigenvalue weighted by molar-refractivity contribution is -0.145. The van der Waals surface area contributed by atoms with E-state index in [9.17, 15) is 4.79 Å². The fourth-order valence-electron chi connectivity index (χ4n) is 1.18. The van der Waals surface area contributed by atoms with Crippen LogP contribution in [0, 0.1) is 0 Å². The predicted molar refractivity (Wildman–Crippen MR) is 35.9 cm³/mol. The molecule has 4 nitrogen and oxygen atoms in total. The maximum Gasteiger partial charge on any atom is 0.324 e. The molecule has 1 rings (SSSR count). The molecule has 2 N–H and O–H groups in total. The molecule has 0 spiro atoms. The van der Waals surface area contributed by atoms with E-state index in [-0.39, 0.29) is 12.0 Å². The first-order valence-corrected chi connectivity index (χ1v) is 3.35. The molecule has 1 aliphatic rings. The maximum atomic E-state index is 10.9. The normalized spacial score (nSPS) is 26.8. The number of hydrogen-bond donors (Lipinski definition) is 1. The van der Waals surface area contributed by atoms with Gasteiger partial charge in [-0.1, -0.05) is 0 Å². The molecule has 1 saturated heterocycles. The monoisotopic (exact) mass is 144 g/mol. The van der Waals surface area contributed by atoms with Crippen molar-refractivity contribution in [1.82, 2.24) is 5.01 Å². The number of methoxy groups -OCH3 is 1. The van der Waals surface area contributed by atoms with Crippen LogP contribution in [0.5, 0.6) is 0 Å². The van der Waals surface area contributed by atoms with Crippen LogP contribution in [0.2, 0.25) is 0 Å². The van der Waals surface area contributed by atoms with Crippen LogP contribution >= 0.6 is 0 Å². The minimum atomic E-state index is -0.222. The third-order valence-electron chi connectivity index (χ3n) is 1.77. The lowest BCUT2D eigenvalue weighted by atomic mass is 10.2. The van der Waals surface area contributed by atoms with Crippen LogP contribution in [0.15, 0.2) is 0 Å². The first-order valence-electron chi connectivity index (χ1n) is 3.35. The lowest BCUT2D eigenvalue weighted by Gasteiger charge is -2.15. The molecule has 0 unspecified atom stereocenters. The van der Waals surface area contributed by atoms with Gasteiger partial charge in [0.15, 0.2) is 0 Å². The van der Waals surface area contributed by atoms with E-state index in [0.29, 0.717) is 0 Å². The maximum absolute atomic E-state index is 10.9. The molecule has 0 aliphatic carbocycles. The Morgan fingerprint density at radius 2 is 2.50 bits per heavy atom. The van der Waals surface area contributed by atoms with Crippen molar-refractivity contribution in [3.8, 4) is 0 Å². The second kappa shape index (κ2) is 2.98. The van der Waals surface area contributed by atoms with Gasteiger partial charge in [0.2, 0.25) is 0 Å². The molecule has 4 heteroatoms. The van der Waals surface area contributed by atoms with Crippen molar-refractivity contribution in [3.63, 3.8) is 0 Å². The van der Waals surface area contributed by atoms with E-state index >= 15 is 0 Å². The van der Waals surface area contributed by atoms with Gasteiger partial charge in [-0.15, -0.1) is 0 Å². The summed E-state index contributed by atoms with van der Waals surface area (Å²) in [6, 6.07) is -0.204. The van der Waals surface area contributed by atoms with Gasteiger partial charge in [-0.05, 0) is 12.8 Å². The van der Waals surface area contributed by atoms with Crippen LogP contribution in [-0.4, -0.2) is 30.7 Å². The number of nitrogens with two attached hydrogens (primary N) is 1. The average Bonchev–Trinajstić information content (AvgIpc) is 2.34. The summed E-state index contributed by atoms with van der Waals surface area (Å²) in [5, 5.41) is 1.53. The molecule has 0 amide bonds. The van der Waals surface area contributed by atoms with Gasteiger partial charge in [-0.25, -0.2) is 5.01 Å². The number of carbonyl (C=O) groups is 1. The van der Waals surface area contributed by atoms with E-state index in [1.807, 2.05) is 0 Å². The molecule has 1 heterocycles. The third-order valence-corrected chi connectivity index (χ3v) is 1.77. The average molecular weight is 144 g/mol. The molecule has 0 aromatic rings. The molecule has 0 saturated carbocycles. The first-order chi connectivity index (χ1) is 4.75. The number of hydrogen-bond acceptors (Lipinski definition) is 4. The van der Waals surface area contributed by atoms with Crippen LogP contribution in [0.3, 0.4) is 0 Å². The summed E-state index contributed by atoms with van der Waals surface area (Å²) >= 11 is 0. The molecule has 0 bridgehead atoms. The van der Waals surface area contributed by atoms with Crippen molar-refractivity contribution in [2.75, 3.05) is 13.7 Å². The summed E-state index contributed by atoms with van der Waals surface area (Å²) in [7, 11) is 1.38. The van der Waals surface area contributed by atoms with Crippen LogP contribution in [0.4, 0.5) is 0 Å². The van der Waals surface area contributed by atoms with Gasteiger partial charge >= 0.3 is 5.97 Å². The molecule has 1 aliphatic heterocycles. The largest absolute Gasteiger partial charge is 0.468 e. The Labute approximate surface area is 59.9 Å². The topological polar surface area (TPSA) is 55.6 Å². The highest BCUT2D eigenvalue weighted by Crippen LogP contribution is 2.13. The number of nitrogens with zero attached hydrogens (tertiary/aromatic N) is 1. The van der Waals surface area contributed by atoms with Crippen LogP contribution in [0.25, 0.3) is 0 Å². The van der Waals surface area contributed by atoms with Crippen molar-refractivity contribution >= 4 is 5.97 Å². The quantitative estimate of drug-likeness (QED) is 0.398. The Kier molecular flexibility index (Phi) is 2.24. The van der Waals surface area contributed by atoms with E-state index in [1.165, 1.54) is 12.1 Å². The first kappa shape index (κ1) is 7.50. The smallest absolute Gasteiger partial charge is 0.324 e. The van der Waals surface area contributed by atoms with Crippen LogP contribution in [-0.2, 0) is 9.53 Å². The zero-order chi connectivity index (χ0) is 7.56. The number of hydrazine groups is 1. The minimum absolute atomic E-state index is 0.204. The Morgan fingerprint density at radius 1 is 1.80 bits per heavy atom. The molecule has 58 valence electrons. The SMILES string of the molecule is COC(=O)[C@H]1CCCN1N. The second-order valence-corrected chi connectivity index (χ2v) is 2.42. The number of ether oxygens (including phenoxy) is 1. The number of carbonyl (C=O) groups excluding carboxylic acids is 1. The van der Waals surface area contributed by atoms with Gasteiger partial charge in [0, 0.05) is 6.54 Å². The van der Waals surface area contributed by atoms with E-state index in [2.05, 4.69) is 4.74 Å². The van der Waals surface area contributed by atoms with Gasteiger partial charge in [0.1, 0.15) is 6.04 Å². The molecule has 10 heavy (non-hydrogen) atoms.